The van der Waals surface area contributed by atoms with Crippen LogP contribution in [0.4, 0.5) is 11.4 Å². The Morgan fingerprint density at radius 2 is 1.60 bits per heavy atom. The van der Waals surface area contributed by atoms with Gasteiger partial charge >= 0.3 is 0 Å². The van der Waals surface area contributed by atoms with Crippen molar-refractivity contribution in [3.05, 3.63) is 96.6 Å². The summed E-state index contributed by atoms with van der Waals surface area (Å²) >= 11 is 1.77. The molecule has 2 aliphatic heterocycles. The topological polar surface area (TPSA) is 55.9 Å². The molecule has 2 saturated heterocycles. The third-order valence-corrected chi connectivity index (χ3v) is 8.77. The van der Waals surface area contributed by atoms with Gasteiger partial charge < -0.3 is 20.0 Å². The minimum atomic E-state index is -0.423. The molecule has 2 fully saturated rings. The van der Waals surface area contributed by atoms with E-state index >= 15 is 0 Å². The number of likely N-dealkylation sites (N-methyl/N-ethyl adjacent to an activating group) is 1. The molecule has 3 aromatic rings. The molecule has 210 valence electrons. The van der Waals surface area contributed by atoms with Crippen molar-refractivity contribution in [1.29, 1.82) is 0 Å². The van der Waals surface area contributed by atoms with E-state index in [9.17, 15) is 9.59 Å². The van der Waals surface area contributed by atoms with Gasteiger partial charge in [0.15, 0.2) is 0 Å². The lowest BCUT2D eigenvalue weighted by atomic mass is 9.85. The Hall–Kier alpha value is -3.26. The minimum absolute atomic E-state index is 0. The third-order valence-electron chi connectivity index (χ3n) is 7.61. The maximum absolute atomic E-state index is 13.2. The summed E-state index contributed by atoms with van der Waals surface area (Å²) in [4.78, 5) is 33.5. The van der Waals surface area contributed by atoms with Crippen molar-refractivity contribution in [2.45, 2.75) is 29.7 Å². The molecular formula is C32H37ClN4O2S. The number of thioether (sulfide) groups is 1. The van der Waals surface area contributed by atoms with Gasteiger partial charge in [0.1, 0.15) is 5.54 Å². The van der Waals surface area contributed by atoms with Crippen LogP contribution < -0.4 is 10.2 Å². The molecule has 0 aromatic heterocycles. The van der Waals surface area contributed by atoms with Crippen LogP contribution >= 0.6 is 24.2 Å². The highest BCUT2D eigenvalue weighted by Crippen LogP contribution is 2.39. The molecule has 0 radical (unpaired) electrons. The van der Waals surface area contributed by atoms with E-state index in [4.69, 9.17) is 0 Å². The maximum Gasteiger partial charge on any atom is 0.249 e. The zero-order valence-electron chi connectivity index (χ0n) is 22.9. The standard InChI is InChI=1S/C32H36N4O2S.ClH/c1-34-25-36(27-13-6-3-7-14-27)32(31(34)38)19-22-35(23-20-32)21-10-24-39-29-16-9-8-15-28(29)33-30(37)18-17-26-11-4-2-5-12-26;/h2-9,11-18H,10,19-25H2,1H3,(H,33,37);1H/b18-17-;. The van der Waals surface area contributed by atoms with Crippen LogP contribution in [0.25, 0.3) is 6.08 Å². The van der Waals surface area contributed by atoms with E-state index in [2.05, 4.69) is 33.3 Å². The smallest absolute Gasteiger partial charge is 0.249 e. The van der Waals surface area contributed by atoms with Gasteiger partial charge in [-0.25, -0.2) is 0 Å². The molecule has 0 aliphatic carbocycles. The first-order chi connectivity index (χ1) is 19.0. The van der Waals surface area contributed by atoms with Gasteiger partial charge in [-0.2, -0.15) is 0 Å². The highest BCUT2D eigenvalue weighted by molar-refractivity contribution is 7.99. The van der Waals surface area contributed by atoms with E-state index in [0.29, 0.717) is 6.67 Å². The fraction of sp³-hybridized carbons (Fsp3) is 0.312. The second kappa shape index (κ2) is 13.9. The van der Waals surface area contributed by atoms with Crippen LogP contribution in [0.15, 0.2) is 95.9 Å². The minimum Gasteiger partial charge on any atom is -0.339 e. The SMILES string of the molecule is CN1CN(c2ccccc2)C2(CCN(CCCSc3ccccc3NC(=O)/C=C\c3ccccc3)CC2)C1=O.Cl. The molecular weight excluding hydrogens is 540 g/mol. The Kier molecular flexibility index (Phi) is 10.3. The number of hydrogen-bond acceptors (Lipinski definition) is 5. The quantitative estimate of drug-likeness (QED) is 0.192. The van der Waals surface area contributed by atoms with E-state index in [0.717, 1.165) is 66.5 Å². The molecule has 1 N–H and O–H groups in total. The first-order valence-corrected chi connectivity index (χ1v) is 14.6. The number of piperidine rings is 1. The number of benzene rings is 3. The summed E-state index contributed by atoms with van der Waals surface area (Å²) < 4.78 is 0. The number of carbonyl (C=O) groups excluding carboxylic acids is 2. The van der Waals surface area contributed by atoms with Crippen molar-refractivity contribution in [1.82, 2.24) is 9.80 Å². The van der Waals surface area contributed by atoms with Crippen molar-refractivity contribution in [3.8, 4) is 0 Å². The number of hydrogen-bond donors (Lipinski definition) is 1. The van der Waals surface area contributed by atoms with Crippen LogP contribution in [0, 0.1) is 0 Å². The summed E-state index contributed by atoms with van der Waals surface area (Å²) in [6.07, 6.45) is 6.15. The number of anilines is 2. The Morgan fingerprint density at radius 1 is 0.950 bits per heavy atom. The molecule has 3 aromatic carbocycles. The molecule has 2 aliphatic rings. The van der Waals surface area contributed by atoms with E-state index < -0.39 is 5.54 Å². The fourth-order valence-electron chi connectivity index (χ4n) is 5.53. The summed E-state index contributed by atoms with van der Waals surface area (Å²) in [6.45, 7) is 3.51. The molecule has 8 heteroatoms. The van der Waals surface area contributed by atoms with Gasteiger partial charge in [0, 0.05) is 36.8 Å². The van der Waals surface area contributed by atoms with E-state index in [1.165, 1.54) is 0 Å². The Balaban J connectivity index is 0.00000370. The molecule has 5 rings (SSSR count). The largest absolute Gasteiger partial charge is 0.339 e. The second-order valence-corrected chi connectivity index (χ2v) is 11.3. The predicted octanol–water partition coefficient (Wildman–Crippen LogP) is 6.01. The van der Waals surface area contributed by atoms with Crippen molar-refractivity contribution >= 4 is 53.4 Å². The highest BCUT2D eigenvalue weighted by Gasteiger charge is 2.52. The number of para-hydroxylation sites is 2. The number of halogens is 1. The first kappa shape index (κ1) is 29.7. The van der Waals surface area contributed by atoms with Gasteiger partial charge in [0.05, 0.1) is 12.4 Å². The van der Waals surface area contributed by atoms with Gasteiger partial charge in [-0.1, -0.05) is 60.7 Å². The van der Waals surface area contributed by atoms with Gasteiger partial charge in [-0.3, -0.25) is 9.59 Å². The average molecular weight is 577 g/mol. The van der Waals surface area contributed by atoms with Gasteiger partial charge in [0.25, 0.3) is 0 Å². The average Bonchev–Trinajstić information content (AvgIpc) is 3.22. The van der Waals surface area contributed by atoms with E-state index in [-0.39, 0.29) is 24.2 Å². The van der Waals surface area contributed by atoms with Gasteiger partial charge in [-0.05, 0) is 67.5 Å². The zero-order chi connectivity index (χ0) is 27.1. The van der Waals surface area contributed by atoms with Gasteiger partial charge in [0.2, 0.25) is 11.8 Å². The lowest BCUT2D eigenvalue weighted by Gasteiger charge is -2.43. The van der Waals surface area contributed by atoms with Crippen molar-refractivity contribution in [2.24, 2.45) is 0 Å². The number of amides is 2. The van der Waals surface area contributed by atoms with Crippen LogP contribution in [0.2, 0.25) is 0 Å². The fourth-order valence-corrected chi connectivity index (χ4v) is 6.47. The summed E-state index contributed by atoms with van der Waals surface area (Å²) in [6, 6.07) is 28.1. The zero-order valence-corrected chi connectivity index (χ0v) is 24.5. The van der Waals surface area contributed by atoms with Crippen molar-refractivity contribution in [2.75, 3.05) is 49.3 Å². The van der Waals surface area contributed by atoms with Gasteiger partial charge in [-0.15, -0.1) is 24.2 Å². The van der Waals surface area contributed by atoms with Crippen molar-refractivity contribution in [3.63, 3.8) is 0 Å². The number of nitrogens with one attached hydrogen (secondary N) is 1. The normalized spacial score (nSPS) is 16.9. The molecule has 0 atom stereocenters. The molecule has 2 heterocycles. The lowest BCUT2D eigenvalue weighted by molar-refractivity contribution is -0.132. The second-order valence-electron chi connectivity index (χ2n) is 10.2. The Labute approximate surface area is 247 Å². The molecule has 1 spiro atoms. The summed E-state index contributed by atoms with van der Waals surface area (Å²) in [5, 5.41) is 3.03. The molecule has 0 unspecified atom stereocenters. The molecule has 2 amide bonds. The number of carbonyl (C=O) groups is 2. The molecule has 40 heavy (non-hydrogen) atoms. The lowest BCUT2D eigenvalue weighted by Crippen LogP contribution is -2.56. The first-order valence-electron chi connectivity index (χ1n) is 13.6. The monoisotopic (exact) mass is 576 g/mol. The summed E-state index contributed by atoms with van der Waals surface area (Å²) in [5.41, 5.74) is 2.54. The number of rotatable bonds is 9. The highest BCUT2D eigenvalue weighted by atomic mass is 35.5. The van der Waals surface area contributed by atoms with Crippen molar-refractivity contribution < 1.29 is 9.59 Å². The van der Waals surface area contributed by atoms with Crippen LogP contribution in [-0.2, 0) is 9.59 Å². The van der Waals surface area contributed by atoms with Crippen LogP contribution in [0.1, 0.15) is 24.8 Å². The maximum atomic E-state index is 13.2. The number of likely N-dealkylation sites (tertiary alicyclic amines) is 1. The molecule has 6 nitrogen and oxygen atoms in total. The summed E-state index contributed by atoms with van der Waals surface area (Å²) in [7, 11) is 1.91. The van der Waals surface area contributed by atoms with Crippen LogP contribution in [0.5, 0.6) is 0 Å². The van der Waals surface area contributed by atoms with E-state index in [1.54, 1.807) is 17.8 Å². The van der Waals surface area contributed by atoms with Crippen LogP contribution in [0.3, 0.4) is 0 Å². The molecule has 0 saturated carbocycles. The Bertz CT molecular complexity index is 1300. The van der Waals surface area contributed by atoms with E-state index in [1.807, 2.05) is 84.8 Å². The van der Waals surface area contributed by atoms with Crippen LogP contribution in [-0.4, -0.2) is 66.3 Å². The summed E-state index contributed by atoms with van der Waals surface area (Å²) in [5.74, 6) is 1.08. The number of nitrogens with zero attached hydrogens (tertiary/aromatic N) is 3. The molecule has 0 bridgehead atoms. The third kappa shape index (κ3) is 6.89. The predicted molar refractivity (Wildman–Crippen MR) is 168 cm³/mol. The Morgan fingerprint density at radius 3 is 2.33 bits per heavy atom.